The zero-order valence-electron chi connectivity index (χ0n) is 20.9. The van der Waals surface area contributed by atoms with Crippen LogP contribution in [-0.4, -0.2) is 33.5 Å². The Kier molecular flexibility index (Phi) is 9.32. The first-order chi connectivity index (χ1) is 17.4. The fraction of sp³-hybridized carbons (Fsp3) is 0.370. The molecule has 0 fully saturated rings. The van der Waals surface area contributed by atoms with Gasteiger partial charge in [0.25, 0.3) is 23.3 Å². The van der Waals surface area contributed by atoms with Crippen LogP contribution in [0.15, 0.2) is 59.4 Å². The Labute approximate surface area is 210 Å². The van der Waals surface area contributed by atoms with Gasteiger partial charge in [-0.25, -0.2) is 4.68 Å². The lowest BCUT2D eigenvalue weighted by Crippen LogP contribution is -2.54. The summed E-state index contributed by atoms with van der Waals surface area (Å²) in [5.41, 5.74) is 5.04. The molecule has 0 unspecified atom stereocenters. The predicted octanol–water partition coefficient (Wildman–Crippen LogP) is 3.19. The van der Waals surface area contributed by atoms with Gasteiger partial charge in [0, 0.05) is 17.5 Å². The van der Waals surface area contributed by atoms with E-state index in [0.29, 0.717) is 29.3 Å². The number of aryl methyl sites for hydroxylation is 1. The molecule has 3 rings (SSSR count). The molecule has 3 N–H and O–H groups in total. The van der Waals surface area contributed by atoms with E-state index in [9.17, 15) is 19.2 Å². The van der Waals surface area contributed by atoms with Crippen LogP contribution in [0, 0.1) is 5.92 Å². The fourth-order valence-corrected chi connectivity index (χ4v) is 3.84. The normalized spacial score (nSPS) is 12.5. The molecule has 0 aliphatic rings. The molecule has 3 amide bonds. The number of carbonyl (C=O) groups is 3. The number of hydrazine groups is 1. The molecule has 36 heavy (non-hydrogen) atoms. The highest BCUT2D eigenvalue weighted by atomic mass is 16.2. The van der Waals surface area contributed by atoms with E-state index in [0.717, 1.165) is 19.3 Å². The van der Waals surface area contributed by atoms with Crippen molar-refractivity contribution in [3.8, 4) is 0 Å². The predicted molar refractivity (Wildman–Crippen MR) is 138 cm³/mol. The monoisotopic (exact) mass is 491 g/mol. The molecule has 9 nitrogen and oxygen atoms in total. The topological polar surface area (TPSA) is 122 Å². The zero-order chi connectivity index (χ0) is 26.1. The van der Waals surface area contributed by atoms with Crippen LogP contribution in [0.5, 0.6) is 0 Å². The Balaban J connectivity index is 1.78. The number of unbranched alkanes of at least 4 members (excludes halogenated alkanes) is 2. The van der Waals surface area contributed by atoms with Crippen molar-refractivity contribution in [3.05, 3.63) is 76.2 Å². The average Bonchev–Trinajstić information content (AvgIpc) is 2.91. The summed E-state index contributed by atoms with van der Waals surface area (Å²) in [6.07, 6.45) is 3.32. The second-order valence-electron chi connectivity index (χ2n) is 8.78. The third-order valence-electron chi connectivity index (χ3n) is 6.17. The summed E-state index contributed by atoms with van der Waals surface area (Å²) in [7, 11) is 0. The molecule has 0 radical (unpaired) electrons. The van der Waals surface area contributed by atoms with Gasteiger partial charge in [-0.15, -0.1) is 0 Å². The molecule has 0 spiro atoms. The molecule has 3 aromatic rings. The minimum Gasteiger partial charge on any atom is -0.340 e. The van der Waals surface area contributed by atoms with E-state index in [1.807, 2.05) is 13.8 Å². The van der Waals surface area contributed by atoms with Crippen LogP contribution >= 0.6 is 0 Å². The van der Waals surface area contributed by atoms with Crippen LogP contribution in [-0.2, 0) is 11.3 Å². The molecule has 0 aliphatic carbocycles. The molecule has 190 valence electrons. The lowest BCUT2D eigenvalue weighted by Gasteiger charge is -2.23. The first-order valence-corrected chi connectivity index (χ1v) is 12.3. The van der Waals surface area contributed by atoms with Gasteiger partial charge in [0.15, 0.2) is 5.69 Å². The second-order valence-corrected chi connectivity index (χ2v) is 8.78. The molecule has 1 aromatic heterocycles. The van der Waals surface area contributed by atoms with Gasteiger partial charge in [0.1, 0.15) is 6.04 Å². The average molecular weight is 492 g/mol. The number of aromatic nitrogens is 2. The molecule has 1 heterocycles. The highest BCUT2D eigenvalue weighted by molar-refractivity contribution is 6.05. The number of nitrogens with one attached hydrogen (secondary N) is 3. The van der Waals surface area contributed by atoms with Crippen LogP contribution in [0.1, 0.15) is 67.3 Å². The number of hydrogen-bond donors (Lipinski definition) is 3. The SMILES string of the molecule is CCCCCn1nc(C(=O)NNC(=O)[C@@H](NC(=O)c2ccccc2)[C@@H](C)CC)c2ccccc2c1=O. The van der Waals surface area contributed by atoms with Crippen LogP contribution in [0.25, 0.3) is 10.8 Å². The van der Waals surface area contributed by atoms with E-state index < -0.39 is 17.9 Å². The van der Waals surface area contributed by atoms with Crippen molar-refractivity contribution in [2.24, 2.45) is 5.92 Å². The zero-order valence-corrected chi connectivity index (χ0v) is 20.9. The molecule has 2 atom stereocenters. The fourth-order valence-electron chi connectivity index (χ4n) is 3.84. The Hall–Kier alpha value is -4.01. The van der Waals surface area contributed by atoms with Crippen molar-refractivity contribution in [3.63, 3.8) is 0 Å². The number of amides is 3. The molecule has 0 bridgehead atoms. The van der Waals surface area contributed by atoms with E-state index in [1.165, 1.54) is 4.68 Å². The van der Waals surface area contributed by atoms with Gasteiger partial charge in [0.05, 0.1) is 5.39 Å². The van der Waals surface area contributed by atoms with Crippen molar-refractivity contribution in [2.75, 3.05) is 0 Å². The maximum Gasteiger partial charge on any atom is 0.290 e. The highest BCUT2D eigenvalue weighted by Gasteiger charge is 2.27. The smallest absolute Gasteiger partial charge is 0.290 e. The summed E-state index contributed by atoms with van der Waals surface area (Å²) in [5, 5.41) is 7.85. The van der Waals surface area contributed by atoms with Crippen molar-refractivity contribution in [1.82, 2.24) is 25.9 Å². The minimum atomic E-state index is -0.865. The summed E-state index contributed by atoms with van der Waals surface area (Å²) in [5.74, 6) is -1.77. The number of rotatable bonds is 10. The number of hydrogen-bond acceptors (Lipinski definition) is 5. The largest absolute Gasteiger partial charge is 0.340 e. The second kappa shape index (κ2) is 12.6. The molecule has 0 saturated carbocycles. The van der Waals surface area contributed by atoms with E-state index in [1.54, 1.807) is 54.6 Å². The summed E-state index contributed by atoms with van der Waals surface area (Å²) < 4.78 is 1.30. The summed E-state index contributed by atoms with van der Waals surface area (Å²) in [4.78, 5) is 51.5. The van der Waals surface area contributed by atoms with Gasteiger partial charge >= 0.3 is 0 Å². The van der Waals surface area contributed by atoms with Crippen molar-refractivity contribution < 1.29 is 14.4 Å². The van der Waals surface area contributed by atoms with E-state index in [2.05, 4.69) is 28.2 Å². The quantitative estimate of drug-likeness (QED) is 0.297. The van der Waals surface area contributed by atoms with E-state index in [4.69, 9.17) is 0 Å². The third-order valence-corrected chi connectivity index (χ3v) is 6.17. The maximum absolute atomic E-state index is 13.1. The van der Waals surface area contributed by atoms with Crippen molar-refractivity contribution >= 4 is 28.5 Å². The molecule has 0 saturated heterocycles. The van der Waals surface area contributed by atoms with Crippen LogP contribution in [0.3, 0.4) is 0 Å². The van der Waals surface area contributed by atoms with Gasteiger partial charge in [-0.1, -0.05) is 76.4 Å². The third kappa shape index (κ3) is 6.35. The first kappa shape index (κ1) is 26.6. The Bertz CT molecular complexity index is 1270. The van der Waals surface area contributed by atoms with Gasteiger partial charge in [-0.2, -0.15) is 5.10 Å². The summed E-state index contributed by atoms with van der Waals surface area (Å²) >= 11 is 0. The Morgan fingerprint density at radius 1 is 0.889 bits per heavy atom. The van der Waals surface area contributed by atoms with Gasteiger partial charge in [-0.3, -0.25) is 30.0 Å². The first-order valence-electron chi connectivity index (χ1n) is 12.3. The van der Waals surface area contributed by atoms with Crippen molar-refractivity contribution in [1.29, 1.82) is 0 Å². The molecular weight excluding hydrogens is 458 g/mol. The maximum atomic E-state index is 13.1. The Morgan fingerprint density at radius 3 is 2.22 bits per heavy atom. The Morgan fingerprint density at radius 2 is 1.56 bits per heavy atom. The van der Waals surface area contributed by atoms with E-state index >= 15 is 0 Å². The number of fused-ring (bicyclic) bond motifs is 1. The van der Waals surface area contributed by atoms with E-state index in [-0.39, 0.29) is 23.1 Å². The lowest BCUT2D eigenvalue weighted by atomic mass is 9.98. The molecule has 2 aromatic carbocycles. The lowest BCUT2D eigenvalue weighted by molar-refractivity contribution is -0.124. The minimum absolute atomic E-state index is 0.0374. The van der Waals surface area contributed by atoms with Gasteiger partial charge in [0.2, 0.25) is 0 Å². The van der Waals surface area contributed by atoms with Gasteiger partial charge in [-0.05, 0) is 30.5 Å². The van der Waals surface area contributed by atoms with Crippen LogP contribution in [0.4, 0.5) is 0 Å². The van der Waals surface area contributed by atoms with Gasteiger partial charge < -0.3 is 5.32 Å². The molecule has 0 aliphatic heterocycles. The summed E-state index contributed by atoms with van der Waals surface area (Å²) in [6.45, 7) is 6.22. The number of nitrogens with zero attached hydrogens (tertiary/aromatic N) is 2. The van der Waals surface area contributed by atoms with Crippen molar-refractivity contribution in [2.45, 2.75) is 59.0 Å². The summed E-state index contributed by atoms with van der Waals surface area (Å²) in [6, 6.07) is 14.5. The standard InChI is InChI=1S/C27H33N5O4/c1-4-6-12-17-32-27(36)21-16-11-10-15-20(21)23(31-32)26(35)30-29-25(34)22(18(3)5-2)28-24(33)19-13-8-7-9-14-19/h7-11,13-16,18,22H,4-6,12,17H2,1-3H3,(H,28,33)(H,29,34)(H,30,35)/t18-,22-/m0/s1. The molecule has 9 heteroatoms. The number of carbonyl (C=O) groups excluding carboxylic acids is 3. The molecular formula is C27H33N5O4. The number of benzene rings is 2. The highest BCUT2D eigenvalue weighted by Crippen LogP contribution is 2.14. The van der Waals surface area contributed by atoms with Crippen LogP contribution in [0.2, 0.25) is 0 Å². The van der Waals surface area contributed by atoms with Crippen LogP contribution < -0.4 is 21.7 Å².